The molecule has 0 bridgehead atoms. The van der Waals surface area contributed by atoms with Gasteiger partial charge in [0.15, 0.2) is 0 Å². The van der Waals surface area contributed by atoms with Gasteiger partial charge in [-0.2, -0.15) is 0 Å². The average Bonchev–Trinajstić information content (AvgIpc) is 3.33. The number of rotatable bonds is 8. The highest BCUT2D eigenvalue weighted by Crippen LogP contribution is 2.32. The van der Waals surface area contributed by atoms with Crippen molar-refractivity contribution in [1.29, 1.82) is 0 Å². The number of ether oxygens (including phenoxy) is 1. The molecule has 1 saturated carbocycles. The van der Waals surface area contributed by atoms with E-state index in [0.717, 1.165) is 71.8 Å². The number of aromatic amines is 1. The van der Waals surface area contributed by atoms with Crippen molar-refractivity contribution in [3.05, 3.63) is 55.8 Å². The molecule has 3 aromatic rings. The first-order valence-electron chi connectivity index (χ1n) is 11.1. The topological polar surface area (TPSA) is 88.4 Å². The third-order valence-corrected chi connectivity index (χ3v) is 7.00. The zero-order valence-electron chi connectivity index (χ0n) is 18.1. The zero-order valence-corrected chi connectivity index (χ0v) is 19.0. The maximum atomic E-state index is 11.4. The standard InChI is InChI=1S/C24H30N2O4S/c1-3-20-19(25-23(30-20)17-10-7-15(2)8-11-17)14-29-18-6-4-5-16(13-18)9-12-21-22(27)26-24(28)31-21/h7-8,10-11,16,18,27H,3-6,9,12-14H2,1-2H3,(H,26,28). The van der Waals surface area contributed by atoms with Gasteiger partial charge in [0.05, 0.1) is 17.6 Å². The number of aromatic hydroxyl groups is 1. The van der Waals surface area contributed by atoms with Crippen LogP contribution >= 0.6 is 11.3 Å². The summed E-state index contributed by atoms with van der Waals surface area (Å²) in [6, 6.07) is 8.20. The number of benzene rings is 1. The largest absolute Gasteiger partial charge is 0.494 e. The Morgan fingerprint density at radius 1 is 1.29 bits per heavy atom. The SMILES string of the molecule is CCc1oc(-c2ccc(C)cc2)nc1COC1CCCC(CCc2sc(=O)[nH]c2O)C1. The lowest BCUT2D eigenvalue weighted by atomic mass is 9.84. The lowest BCUT2D eigenvalue weighted by Gasteiger charge is -2.29. The molecule has 0 saturated heterocycles. The minimum Gasteiger partial charge on any atom is -0.494 e. The van der Waals surface area contributed by atoms with Crippen LogP contribution in [0, 0.1) is 12.8 Å². The number of nitrogens with one attached hydrogen (secondary N) is 1. The number of hydrogen-bond acceptors (Lipinski definition) is 6. The van der Waals surface area contributed by atoms with E-state index in [1.165, 1.54) is 12.0 Å². The second kappa shape index (κ2) is 9.83. The predicted molar refractivity (Wildman–Crippen MR) is 122 cm³/mol. The summed E-state index contributed by atoms with van der Waals surface area (Å²) in [5.74, 6) is 2.12. The van der Waals surface area contributed by atoms with Crippen LogP contribution in [0.4, 0.5) is 0 Å². The second-order valence-electron chi connectivity index (χ2n) is 8.40. The molecule has 7 heteroatoms. The third-order valence-electron chi connectivity index (χ3n) is 6.07. The van der Waals surface area contributed by atoms with Gasteiger partial charge in [-0.15, -0.1) is 0 Å². The molecule has 1 aliphatic rings. The minimum absolute atomic E-state index is 0.0288. The minimum atomic E-state index is -0.193. The molecule has 0 amide bonds. The van der Waals surface area contributed by atoms with E-state index in [0.29, 0.717) is 18.4 Å². The molecule has 4 rings (SSSR count). The fourth-order valence-electron chi connectivity index (χ4n) is 4.30. The maximum Gasteiger partial charge on any atom is 0.307 e. The molecular formula is C24H30N2O4S. The van der Waals surface area contributed by atoms with Crippen molar-refractivity contribution in [2.24, 2.45) is 5.92 Å². The van der Waals surface area contributed by atoms with Crippen molar-refractivity contribution in [2.45, 2.75) is 71.5 Å². The molecular weight excluding hydrogens is 412 g/mol. The highest BCUT2D eigenvalue weighted by atomic mass is 32.1. The van der Waals surface area contributed by atoms with Crippen LogP contribution in [0.2, 0.25) is 0 Å². The Bertz CT molecular complexity index is 1050. The van der Waals surface area contributed by atoms with Crippen LogP contribution in [0.1, 0.15) is 60.9 Å². The monoisotopic (exact) mass is 442 g/mol. The summed E-state index contributed by atoms with van der Waals surface area (Å²) >= 11 is 1.11. The van der Waals surface area contributed by atoms with Crippen molar-refractivity contribution >= 4 is 11.3 Å². The maximum absolute atomic E-state index is 11.4. The number of nitrogens with zero attached hydrogens (tertiary/aromatic N) is 1. The molecule has 0 radical (unpaired) electrons. The zero-order chi connectivity index (χ0) is 21.8. The van der Waals surface area contributed by atoms with Crippen LogP contribution in [-0.4, -0.2) is 21.2 Å². The highest BCUT2D eigenvalue weighted by Gasteiger charge is 2.24. The molecule has 2 atom stereocenters. The van der Waals surface area contributed by atoms with Crippen LogP contribution in [0.25, 0.3) is 11.5 Å². The van der Waals surface area contributed by atoms with E-state index in [1.807, 2.05) is 12.1 Å². The summed E-state index contributed by atoms with van der Waals surface area (Å²) in [5.41, 5.74) is 3.09. The van der Waals surface area contributed by atoms with E-state index in [4.69, 9.17) is 14.1 Å². The fourth-order valence-corrected chi connectivity index (χ4v) is 5.04. The summed E-state index contributed by atoms with van der Waals surface area (Å²) in [5, 5.41) is 9.78. The lowest BCUT2D eigenvalue weighted by molar-refractivity contribution is -0.000589. The number of H-pyrrole nitrogens is 1. The van der Waals surface area contributed by atoms with Gasteiger partial charge in [-0.3, -0.25) is 9.78 Å². The van der Waals surface area contributed by atoms with Crippen LogP contribution in [0.3, 0.4) is 0 Å². The van der Waals surface area contributed by atoms with Crippen molar-refractivity contribution in [2.75, 3.05) is 0 Å². The summed E-state index contributed by atoms with van der Waals surface area (Å²) in [6.07, 6.45) is 7.06. The van der Waals surface area contributed by atoms with E-state index in [1.54, 1.807) is 0 Å². The molecule has 166 valence electrons. The molecule has 1 aliphatic carbocycles. The molecule has 2 unspecified atom stereocenters. The summed E-state index contributed by atoms with van der Waals surface area (Å²) in [4.78, 5) is 19.1. The number of oxazole rings is 1. The molecule has 0 spiro atoms. The van der Waals surface area contributed by atoms with Gasteiger partial charge in [0.2, 0.25) is 11.8 Å². The number of thiazole rings is 1. The van der Waals surface area contributed by atoms with Gasteiger partial charge < -0.3 is 14.3 Å². The normalized spacial score (nSPS) is 19.0. The third kappa shape index (κ3) is 5.46. The van der Waals surface area contributed by atoms with Crippen LogP contribution in [0.15, 0.2) is 33.5 Å². The lowest BCUT2D eigenvalue weighted by Crippen LogP contribution is -2.23. The molecule has 31 heavy (non-hydrogen) atoms. The Labute approximate surface area is 186 Å². The average molecular weight is 443 g/mol. The van der Waals surface area contributed by atoms with Crippen molar-refractivity contribution in [3.63, 3.8) is 0 Å². The summed E-state index contributed by atoms with van der Waals surface area (Å²) in [6.45, 7) is 4.61. The summed E-state index contributed by atoms with van der Waals surface area (Å²) < 4.78 is 12.3. The Kier molecular flexibility index (Phi) is 6.92. The molecule has 6 nitrogen and oxygen atoms in total. The molecule has 1 aromatic carbocycles. The van der Waals surface area contributed by atoms with E-state index < -0.39 is 0 Å². The quantitative estimate of drug-likeness (QED) is 0.489. The number of hydrogen-bond donors (Lipinski definition) is 2. The van der Waals surface area contributed by atoms with Gasteiger partial charge in [0.25, 0.3) is 0 Å². The first-order chi connectivity index (χ1) is 15.0. The Morgan fingerprint density at radius 2 is 2.10 bits per heavy atom. The van der Waals surface area contributed by atoms with Gasteiger partial charge in [-0.1, -0.05) is 48.8 Å². The van der Waals surface area contributed by atoms with E-state index >= 15 is 0 Å². The predicted octanol–water partition coefficient (Wildman–Crippen LogP) is 5.38. The van der Waals surface area contributed by atoms with Crippen molar-refractivity contribution in [1.82, 2.24) is 9.97 Å². The van der Waals surface area contributed by atoms with Gasteiger partial charge >= 0.3 is 4.87 Å². The molecule has 1 fully saturated rings. The smallest absolute Gasteiger partial charge is 0.307 e. The van der Waals surface area contributed by atoms with E-state index in [-0.39, 0.29) is 16.9 Å². The molecule has 2 aromatic heterocycles. The van der Waals surface area contributed by atoms with Gasteiger partial charge in [-0.05, 0) is 50.7 Å². The molecule has 2 heterocycles. The summed E-state index contributed by atoms with van der Waals surface area (Å²) in [7, 11) is 0. The first-order valence-corrected chi connectivity index (χ1v) is 11.9. The van der Waals surface area contributed by atoms with E-state index in [9.17, 15) is 9.90 Å². The number of aryl methyl sites for hydroxylation is 3. The second-order valence-corrected chi connectivity index (χ2v) is 9.47. The van der Waals surface area contributed by atoms with Gasteiger partial charge in [0.1, 0.15) is 11.5 Å². The fraction of sp³-hybridized carbons (Fsp3) is 0.500. The Balaban J connectivity index is 1.33. The molecule has 2 N–H and O–H groups in total. The Hall–Kier alpha value is -2.38. The van der Waals surface area contributed by atoms with Crippen LogP contribution in [0.5, 0.6) is 5.88 Å². The van der Waals surface area contributed by atoms with Gasteiger partial charge in [0, 0.05) is 12.0 Å². The number of aromatic nitrogens is 2. The van der Waals surface area contributed by atoms with Crippen molar-refractivity contribution < 1.29 is 14.3 Å². The highest BCUT2D eigenvalue weighted by molar-refractivity contribution is 7.09. The Morgan fingerprint density at radius 3 is 2.81 bits per heavy atom. The van der Waals surface area contributed by atoms with E-state index in [2.05, 4.69) is 31.0 Å². The van der Waals surface area contributed by atoms with Gasteiger partial charge in [-0.25, -0.2) is 4.98 Å². The first kappa shape index (κ1) is 21.8. The van der Waals surface area contributed by atoms with Crippen molar-refractivity contribution in [3.8, 4) is 17.3 Å². The van der Waals surface area contributed by atoms with Crippen LogP contribution < -0.4 is 4.87 Å². The molecule has 0 aliphatic heterocycles. The van der Waals surface area contributed by atoms with Crippen LogP contribution in [-0.2, 0) is 24.2 Å².